The maximum atomic E-state index is 2.28. The van der Waals surface area contributed by atoms with E-state index in [2.05, 4.69) is 76.0 Å². The topological polar surface area (TPSA) is 3.24 Å². The summed E-state index contributed by atoms with van der Waals surface area (Å²) in [6.45, 7) is 8.63. The van der Waals surface area contributed by atoms with Crippen molar-refractivity contribution >= 4 is 11.4 Å². The van der Waals surface area contributed by atoms with Gasteiger partial charge < -0.3 is 4.90 Å². The third-order valence-corrected chi connectivity index (χ3v) is 3.37. The second-order valence-electron chi connectivity index (χ2n) is 5.15. The number of hydrogen-bond acceptors (Lipinski definition) is 1. The van der Waals surface area contributed by atoms with Gasteiger partial charge in [-0.3, -0.25) is 0 Å². The van der Waals surface area contributed by atoms with Gasteiger partial charge >= 0.3 is 0 Å². The normalized spacial score (nSPS) is 10.5. The van der Waals surface area contributed by atoms with Gasteiger partial charge in [0, 0.05) is 18.4 Å². The molecule has 0 aromatic heterocycles. The molecule has 0 atom stereocenters. The summed E-state index contributed by atoms with van der Waals surface area (Å²) in [5, 5.41) is 0. The Hall–Kier alpha value is -1.76. The molecular formula is C17H21N. The highest BCUT2D eigenvalue weighted by Crippen LogP contribution is 2.30. The molecular weight excluding hydrogens is 218 g/mol. The fraction of sp³-hybridized carbons (Fsp3) is 0.294. The largest absolute Gasteiger partial charge is 0.344 e. The summed E-state index contributed by atoms with van der Waals surface area (Å²) < 4.78 is 0. The zero-order valence-electron chi connectivity index (χ0n) is 11.9. The smallest absolute Gasteiger partial charge is 0.0467 e. The van der Waals surface area contributed by atoms with Crippen LogP contribution in [0.3, 0.4) is 0 Å². The van der Waals surface area contributed by atoms with Gasteiger partial charge in [0.25, 0.3) is 0 Å². The van der Waals surface area contributed by atoms with E-state index in [9.17, 15) is 0 Å². The van der Waals surface area contributed by atoms with Crippen LogP contribution in [0.2, 0.25) is 0 Å². The summed E-state index contributed by atoms with van der Waals surface area (Å²) in [4.78, 5) is 2.28. The number of anilines is 2. The molecule has 0 aliphatic heterocycles. The van der Waals surface area contributed by atoms with E-state index in [0.717, 1.165) is 0 Å². The Morgan fingerprint density at radius 3 is 1.78 bits per heavy atom. The Kier molecular flexibility index (Phi) is 3.42. The Labute approximate surface area is 110 Å². The summed E-state index contributed by atoms with van der Waals surface area (Å²) in [5.74, 6) is 0. The van der Waals surface area contributed by atoms with Crippen molar-refractivity contribution in [3.05, 3.63) is 58.7 Å². The first kappa shape index (κ1) is 12.7. The summed E-state index contributed by atoms with van der Waals surface area (Å²) in [5.41, 5.74) is 7.81. The molecule has 0 saturated heterocycles. The number of hydrogen-bond donors (Lipinski definition) is 0. The average molecular weight is 239 g/mol. The lowest BCUT2D eigenvalue weighted by Gasteiger charge is -2.24. The average Bonchev–Trinajstić information content (AvgIpc) is 2.27. The quantitative estimate of drug-likeness (QED) is 0.735. The van der Waals surface area contributed by atoms with Crippen molar-refractivity contribution in [2.45, 2.75) is 27.7 Å². The van der Waals surface area contributed by atoms with E-state index in [1.807, 2.05) is 0 Å². The second kappa shape index (κ2) is 4.85. The number of benzene rings is 2. The van der Waals surface area contributed by atoms with Gasteiger partial charge in [-0.15, -0.1) is 0 Å². The standard InChI is InChI=1S/C17H21N/c1-12-9-13(2)11-16(10-12)18(5)17-14(3)7-6-8-15(17)4/h6-11H,1-5H3. The Bertz CT molecular complexity index is 529. The molecule has 0 heterocycles. The Morgan fingerprint density at radius 1 is 0.778 bits per heavy atom. The van der Waals surface area contributed by atoms with Crippen molar-refractivity contribution in [2.24, 2.45) is 0 Å². The summed E-state index contributed by atoms with van der Waals surface area (Å²) >= 11 is 0. The number of nitrogens with zero attached hydrogens (tertiary/aromatic N) is 1. The Morgan fingerprint density at radius 2 is 1.28 bits per heavy atom. The zero-order chi connectivity index (χ0) is 13.3. The highest BCUT2D eigenvalue weighted by atomic mass is 15.1. The highest BCUT2D eigenvalue weighted by molar-refractivity contribution is 5.69. The molecule has 2 aromatic carbocycles. The van der Waals surface area contributed by atoms with Crippen LogP contribution in [0.4, 0.5) is 11.4 Å². The van der Waals surface area contributed by atoms with Gasteiger partial charge in [-0.1, -0.05) is 24.3 Å². The van der Waals surface area contributed by atoms with Gasteiger partial charge in [-0.25, -0.2) is 0 Å². The third-order valence-electron chi connectivity index (χ3n) is 3.37. The van der Waals surface area contributed by atoms with E-state index < -0.39 is 0 Å². The minimum Gasteiger partial charge on any atom is -0.344 e. The zero-order valence-corrected chi connectivity index (χ0v) is 11.9. The van der Waals surface area contributed by atoms with Gasteiger partial charge in [-0.2, -0.15) is 0 Å². The predicted molar refractivity (Wildman–Crippen MR) is 79.9 cm³/mol. The van der Waals surface area contributed by atoms with E-state index in [1.54, 1.807) is 0 Å². The van der Waals surface area contributed by atoms with E-state index in [4.69, 9.17) is 0 Å². The molecule has 0 N–H and O–H groups in total. The maximum Gasteiger partial charge on any atom is 0.0467 e. The SMILES string of the molecule is Cc1cc(C)cc(N(C)c2c(C)cccc2C)c1. The first-order chi connectivity index (χ1) is 8.49. The van der Waals surface area contributed by atoms with Crippen molar-refractivity contribution in [3.63, 3.8) is 0 Å². The van der Waals surface area contributed by atoms with Crippen LogP contribution in [0.5, 0.6) is 0 Å². The molecule has 2 rings (SSSR count). The molecule has 0 unspecified atom stereocenters. The molecule has 0 saturated carbocycles. The van der Waals surface area contributed by atoms with Crippen LogP contribution in [0.15, 0.2) is 36.4 Å². The first-order valence-electron chi connectivity index (χ1n) is 6.37. The van der Waals surface area contributed by atoms with Crippen molar-refractivity contribution in [3.8, 4) is 0 Å². The van der Waals surface area contributed by atoms with Crippen LogP contribution in [0, 0.1) is 27.7 Å². The molecule has 0 radical (unpaired) electrons. The molecule has 94 valence electrons. The molecule has 2 aromatic rings. The minimum atomic E-state index is 1.25. The molecule has 0 amide bonds. The van der Waals surface area contributed by atoms with Crippen molar-refractivity contribution in [1.29, 1.82) is 0 Å². The number of aryl methyl sites for hydroxylation is 4. The lowest BCUT2D eigenvalue weighted by Crippen LogP contribution is -2.12. The van der Waals surface area contributed by atoms with E-state index >= 15 is 0 Å². The van der Waals surface area contributed by atoms with Crippen molar-refractivity contribution in [2.75, 3.05) is 11.9 Å². The van der Waals surface area contributed by atoms with Crippen LogP contribution >= 0.6 is 0 Å². The van der Waals surface area contributed by atoms with E-state index in [0.29, 0.717) is 0 Å². The monoisotopic (exact) mass is 239 g/mol. The van der Waals surface area contributed by atoms with Gasteiger partial charge in [-0.05, 0) is 62.1 Å². The molecule has 0 fully saturated rings. The fourth-order valence-corrected chi connectivity index (χ4v) is 2.61. The summed E-state index contributed by atoms with van der Waals surface area (Å²) in [6.07, 6.45) is 0. The summed E-state index contributed by atoms with van der Waals surface area (Å²) in [6, 6.07) is 13.1. The number of rotatable bonds is 2. The van der Waals surface area contributed by atoms with Gasteiger partial charge in [0.1, 0.15) is 0 Å². The molecule has 0 spiro atoms. The van der Waals surface area contributed by atoms with Gasteiger partial charge in [0.15, 0.2) is 0 Å². The first-order valence-corrected chi connectivity index (χ1v) is 6.37. The lowest BCUT2D eigenvalue weighted by atomic mass is 10.1. The number of para-hydroxylation sites is 1. The molecule has 0 bridgehead atoms. The minimum absolute atomic E-state index is 1.25. The van der Waals surface area contributed by atoms with Crippen LogP contribution < -0.4 is 4.90 Å². The van der Waals surface area contributed by atoms with Crippen molar-refractivity contribution < 1.29 is 0 Å². The fourth-order valence-electron chi connectivity index (χ4n) is 2.61. The van der Waals surface area contributed by atoms with Crippen molar-refractivity contribution in [1.82, 2.24) is 0 Å². The molecule has 0 aliphatic carbocycles. The maximum absolute atomic E-state index is 2.28. The highest BCUT2D eigenvalue weighted by Gasteiger charge is 2.10. The van der Waals surface area contributed by atoms with Gasteiger partial charge in [0.2, 0.25) is 0 Å². The molecule has 1 heteroatoms. The third kappa shape index (κ3) is 2.40. The van der Waals surface area contributed by atoms with Crippen LogP contribution in [-0.2, 0) is 0 Å². The van der Waals surface area contributed by atoms with E-state index in [-0.39, 0.29) is 0 Å². The van der Waals surface area contributed by atoms with E-state index in [1.165, 1.54) is 33.6 Å². The van der Waals surface area contributed by atoms with Crippen LogP contribution in [0.25, 0.3) is 0 Å². The predicted octanol–water partition coefficient (Wildman–Crippen LogP) is 4.69. The van der Waals surface area contributed by atoms with Gasteiger partial charge in [0.05, 0.1) is 0 Å². The second-order valence-corrected chi connectivity index (χ2v) is 5.15. The Balaban J connectivity index is 2.51. The van der Waals surface area contributed by atoms with Crippen LogP contribution in [-0.4, -0.2) is 7.05 Å². The lowest BCUT2D eigenvalue weighted by molar-refractivity contribution is 1.15. The molecule has 18 heavy (non-hydrogen) atoms. The summed E-state index contributed by atoms with van der Waals surface area (Å²) in [7, 11) is 2.14. The van der Waals surface area contributed by atoms with Crippen LogP contribution in [0.1, 0.15) is 22.3 Å². The molecule has 0 aliphatic rings. The molecule has 1 nitrogen and oxygen atoms in total.